The number of aliphatic imine (C=N–C) groups is 1. The van der Waals surface area contributed by atoms with Gasteiger partial charge >= 0.3 is 0 Å². The van der Waals surface area contributed by atoms with Crippen molar-refractivity contribution in [2.45, 2.75) is 32.7 Å². The highest BCUT2D eigenvalue weighted by atomic mass is 127. The SMILES string of the molecule is CN=C(NCCCNS(C)(=O)=O)NC(C)(C)C.I. The number of halogens is 1. The Labute approximate surface area is 127 Å². The van der Waals surface area contributed by atoms with Gasteiger partial charge in [0.25, 0.3) is 0 Å². The highest BCUT2D eigenvalue weighted by Crippen LogP contribution is 1.97. The molecule has 18 heavy (non-hydrogen) atoms. The minimum Gasteiger partial charge on any atom is -0.356 e. The van der Waals surface area contributed by atoms with Crippen molar-refractivity contribution in [3.05, 3.63) is 0 Å². The third-order valence-electron chi connectivity index (χ3n) is 1.73. The van der Waals surface area contributed by atoms with Crippen LogP contribution in [-0.2, 0) is 10.0 Å². The maximum atomic E-state index is 10.8. The molecule has 0 aromatic rings. The van der Waals surface area contributed by atoms with Crippen molar-refractivity contribution in [2.24, 2.45) is 4.99 Å². The van der Waals surface area contributed by atoms with Crippen LogP contribution in [0.25, 0.3) is 0 Å². The van der Waals surface area contributed by atoms with E-state index in [0.29, 0.717) is 19.5 Å². The summed E-state index contributed by atoms with van der Waals surface area (Å²) < 4.78 is 24.0. The van der Waals surface area contributed by atoms with Gasteiger partial charge in [-0.1, -0.05) is 0 Å². The van der Waals surface area contributed by atoms with Crippen LogP contribution in [-0.4, -0.2) is 46.3 Å². The number of nitrogens with zero attached hydrogens (tertiary/aromatic N) is 1. The Morgan fingerprint density at radius 1 is 1.22 bits per heavy atom. The van der Waals surface area contributed by atoms with Gasteiger partial charge in [0.2, 0.25) is 10.0 Å². The molecule has 0 spiro atoms. The molecule has 0 heterocycles. The highest BCUT2D eigenvalue weighted by molar-refractivity contribution is 14.0. The van der Waals surface area contributed by atoms with E-state index >= 15 is 0 Å². The van der Waals surface area contributed by atoms with E-state index < -0.39 is 10.0 Å². The molecule has 6 nitrogen and oxygen atoms in total. The highest BCUT2D eigenvalue weighted by Gasteiger charge is 2.11. The van der Waals surface area contributed by atoms with Crippen molar-refractivity contribution in [3.63, 3.8) is 0 Å². The Balaban J connectivity index is 0. The van der Waals surface area contributed by atoms with Crippen LogP contribution in [0.1, 0.15) is 27.2 Å². The normalized spacial score (nSPS) is 12.8. The molecule has 0 radical (unpaired) electrons. The van der Waals surface area contributed by atoms with E-state index in [9.17, 15) is 8.42 Å². The van der Waals surface area contributed by atoms with E-state index in [1.54, 1.807) is 7.05 Å². The first-order chi connectivity index (χ1) is 7.64. The van der Waals surface area contributed by atoms with Crippen LogP contribution in [0, 0.1) is 0 Å². The number of hydrogen-bond donors (Lipinski definition) is 3. The first-order valence-corrected chi connectivity index (χ1v) is 7.47. The Kier molecular flexibility index (Phi) is 10.0. The van der Waals surface area contributed by atoms with Crippen LogP contribution in [0.5, 0.6) is 0 Å². The van der Waals surface area contributed by atoms with E-state index in [4.69, 9.17) is 0 Å². The van der Waals surface area contributed by atoms with E-state index in [1.165, 1.54) is 0 Å². The molecule has 3 N–H and O–H groups in total. The quantitative estimate of drug-likeness (QED) is 0.276. The zero-order valence-electron chi connectivity index (χ0n) is 11.7. The van der Waals surface area contributed by atoms with Crippen molar-refractivity contribution in [2.75, 3.05) is 26.4 Å². The summed E-state index contributed by atoms with van der Waals surface area (Å²) in [5.41, 5.74) is -0.0488. The van der Waals surface area contributed by atoms with Gasteiger partial charge in [0.15, 0.2) is 5.96 Å². The van der Waals surface area contributed by atoms with Crippen LogP contribution in [0.3, 0.4) is 0 Å². The van der Waals surface area contributed by atoms with Crippen molar-refractivity contribution in [3.8, 4) is 0 Å². The summed E-state index contributed by atoms with van der Waals surface area (Å²) in [5.74, 6) is 0.719. The topological polar surface area (TPSA) is 82.6 Å². The second-order valence-electron chi connectivity index (χ2n) is 4.89. The molecule has 0 saturated carbocycles. The van der Waals surface area contributed by atoms with E-state index in [-0.39, 0.29) is 29.5 Å². The summed E-state index contributed by atoms with van der Waals surface area (Å²) in [4.78, 5) is 4.08. The minimum atomic E-state index is -3.08. The van der Waals surface area contributed by atoms with Gasteiger partial charge in [-0.2, -0.15) is 0 Å². The van der Waals surface area contributed by atoms with Gasteiger partial charge in [-0.25, -0.2) is 13.1 Å². The second-order valence-corrected chi connectivity index (χ2v) is 6.73. The lowest BCUT2D eigenvalue weighted by Gasteiger charge is -2.23. The molecule has 0 bridgehead atoms. The van der Waals surface area contributed by atoms with Gasteiger partial charge in [-0.15, -0.1) is 24.0 Å². The summed E-state index contributed by atoms with van der Waals surface area (Å²) in [6.45, 7) is 7.23. The summed E-state index contributed by atoms with van der Waals surface area (Å²) in [6.07, 6.45) is 1.86. The second kappa shape index (κ2) is 8.92. The van der Waals surface area contributed by atoms with E-state index in [1.807, 2.05) is 20.8 Å². The maximum absolute atomic E-state index is 10.8. The maximum Gasteiger partial charge on any atom is 0.208 e. The third kappa shape index (κ3) is 14.0. The predicted molar refractivity (Wildman–Crippen MR) is 87.1 cm³/mol. The molecule has 0 aliphatic carbocycles. The Hall–Kier alpha value is -0.0900. The van der Waals surface area contributed by atoms with Crippen LogP contribution in [0.2, 0.25) is 0 Å². The van der Waals surface area contributed by atoms with Gasteiger partial charge in [0.1, 0.15) is 0 Å². The van der Waals surface area contributed by atoms with Gasteiger partial charge in [0.05, 0.1) is 6.26 Å². The number of nitrogens with one attached hydrogen (secondary N) is 3. The fourth-order valence-corrected chi connectivity index (χ4v) is 1.60. The fourth-order valence-electron chi connectivity index (χ4n) is 1.09. The van der Waals surface area contributed by atoms with Crippen LogP contribution in [0.4, 0.5) is 0 Å². The number of guanidine groups is 1. The standard InChI is InChI=1S/C10H24N4O2S.HI/c1-10(2,3)14-9(11-4)12-7-6-8-13-17(5,15)16;/h13H,6-8H2,1-5H3,(H2,11,12,14);1H. The number of sulfonamides is 1. The monoisotopic (exact) mass is 392 g/mol. The lowest BCUT2D eigenvalue weighted by Crippen LogP contribution is -2.48. The largest absolute Gasteiger partial charge is 0.356 e. The van der Waals surface area contributed by atoms with E-state index in [0.717, 1.165) is 12.2 Å². The van der Waals surface area contributed by atoms with Gasteiger partial charge in [-0.3, -0.25) is 4.99 Å². The lowest BCUT2D eigenvalue weighted by molar-refractivity contribution is 0.501. The molecular weight excluding hydrogens is 367 g/mol. The molecule has 8 heteroatoms. The molecule has 0 unspecified atom stereocenters. The van der Waals surface area contributed by atoms with Gasteiger partial charge < -0.3 is 10.6 Å². The van der Waals surface area contributed by atoms with E-state index in [2.05, 4.69) is 20.3 Å². The zero-order chi connectivity index (χ0) is 13.5. The Bertz CT molecular complexity index is 349. The summed E-state index contributed by atoms with van der Waals surface area (Å²) in [7, 11) is -1.38. The molecule has 0 saturated heterocycles. The lowest BCUT2D eigenvalue weighted by atomic mass is 10.1. The average molecular weight is 392 g/mol. The molecule has 0 fully saturated rings. The van der Waals surface area contributed by atoms with Crippen LogP contribution in [0.15, 0.2) is 4.99 Å². The summed E-state index contributed by atoms with van der Waals surface area (Å²) in [5, 5.41) is 6.33. The van der Waals surface area contributed by atoms with Crippen molar-refractivity contribution < 1.29 is 8.42 Å². The summed E-state index contributed by atoms with van der Waals surface area (Å²) in [6, 6.07) is 0. The molecule has 0 aliphatic heterocycles. The fraction of sp³-hybridized carbons (Fsp3) is 0.900. The minimum absolute atomic E-state index is 0. The van der Waals surface area contributed by atoms with Crippen LogP contribution >= 0.6 is 24.0 Å². The smallest absolute Gasteiger partial charge is 0.208 e. The van der Waals surface area contributed by atoms with Crippen molar-refractivity contribution >= 4 is 40.0 Å². The third-order valence-corrected chi connectivity index (χ3v) is 2.46. The van der Waals surface area contributed by atoms with Crippen molar-refractivity contribution in [1.82, 2.24) is 15.4 Å². The molecule has 0 aromatic heterocycles. The first-order valence-electron chi connectivity index (χ1n) is 5.57. The van der Waals surface area contributed by atoms with Crippen LogP contribution < -0.4 is 15.4 Å². The molecule has 110 valence electrons. The zero-order valence-corrected chi connectivity index (χ0v) is 14.8. The van der Waals surface area contributed by atoms with Gasteiger partial charge in [0, 0.05) is 25.7 Å². The first kappa shape index (κ1) is 20.2. The van der Waals surface area contributed by atoms with Gasteiger partial charge in [-0.05, 0) is 27.2 Å². The number of rotatable bonds is 5. The predicted octanol–water partition coefficient (Wildman–Crippen LogP) is 0.507. The summed E-state index contributed by atoms with van der Waals surface area (Å²) >= 11 is 0. The van der Waals surface area contributed by atoms with Crippen molar-refractivity contribution in [1.29, 1.82) is 0 Å². The average Bonchev–Trinajstić information content (AvgIpc) is 2.11. The number of hydrogen-bond acceptors (Lipinski definition) is 3. The molecule has 0 rings (SSSR count). The molecule has 0 aromatic carbocycles. The Morgan fingerprint density at radius 3 is 2.17 bits per heavy atom. The molecular formula is C10H25IN4O2S. The molecule has 0 aliphatic rings. The molecule has 0 atom stereocenters. The molecule has 0 amide bonds. The Morgan fingerprint density at radius 2 is 1.78 bits per heavy atom.